The van der Waals surface area contributed by atoms with Crippen LogP contribution in [0.15, 0.2) is 41.6 Å². The number of aryl methyl sites for hydroxylation is 1. The van der Waals surface area contributed by atoms with E-state index in [0.717, 1.165) is 31.4 Å². The summed E-state index contributed by atoms with van der Waals surface area (Å²) in [6.45, 7) is 1.03. The summed E-state index contributed by atoms with van der Waals surface area (Å²) < 4.78 is 2.30. The topological polar surface area (TPSA) is 25.2 Å². The second-order valence-corrected chi connectivity index (χ2v) is 6.95. The molecule has 0 amide bonds. The molecule has 1 N–H and O–H groups in total. The van der Waals surface area contributed by atoms with E-state index in [1.54, 1.807) is 0 Å². The third-order valence-corrected chi connectivity index (χ3v) is 5.76. The highest BCUT2D eigenvalue weighted by Gasteiger charge is 2.25. The van der Waals surface area contributed by atoms with Crippen molar-refractivity contribution in [2.24, 2.45) is 0 Å². The Morgan fingerprint density at radius 2 is 2.10 bits per heavy atom. The highest BCUT2D eigenvalue weighted by molar-refractivity contribution is 7.99. The SMILES string of the molecule is OC1CCCc2cn(CC3CSc4ccccc43)cc21. The van der Waals surface area contributed by atoms with Crippen molar-refractivity contribution < 1.29 is 5.11 Å². The number of hydrogen-bond acceptors (Lipinski definition) is 2. The number of hydrogen-bond donors (Lipinski definition) is 1. The van der Waals surface area contributed by atoms with Crippen LogP contribution in [-0.4, -0.2) is 15.4 Å². The fraction of sp³-hybridized carbons (Fsp3) is 0.412. The standard InChI is InChI=1S/C17H19NOS/c19-16-6-3-4-12-8-18(10-15(12)16)9-13-11-20-17-7-2-1-5-14(13)17/h1-2,5,7-8,10,13,16,19H,3-4,6,9,11H2. The first-order valence-electron chi connectivity index (χ1n) is 7.39. The lowest BCUT2D eigenvalue weighted by Gasteiger charge is -2.16. The molecule has 104 valence electrons. The van der Waals surface area contributed by atoms with Gasteiger partial charge in [-0.1, -0.05) is 18.2 Å². The van der Waals surface area contributed by atoms with Gasteiger partial charge in [0.1, 0.15) is 0 Å². The molecule has 2 unspecified atom stereocenters. The van der Waals surface area contributed by atoms with Gasteiger partial charge in [-0.2, -0.15) is 0 Å². The van der Waals surface area contributed by atoms with Gasteiger partial charge >= 0.3 is 0 Å². The maximum atomic E-state index is 10.1. The van der Waals surface area contributed by atoms with Gasteiger partial charge in [0.15, 0.2) is 0 Å². The molecule has 1 aliphatic carbocycles. The quantitative estimate of drug-likeness (QED) is 0.909. The molecule has 2 atom stereocenters. The first kappa shape index (κ1) is 12.5. The molecule has 0 spiro atoms. The van der Waals surface area contributed by atoms with E-state index in [0.29, 0.717) is 5.92 Å². The number of aliphatic hydroxyl groups is 1. The average molecular weight is 285 g/mol. The molecular weight excluding hydrogens is 266 g/mol. The number of benzene rings is 1. The van der Waals surface area contributed by atoms with Crippen molar-refractivity contribution in [2.75, 3.05) is 5.75 Å². The number of nitrogens with zero attached hydrogens (tertiary/aromatic N) is 1. The van der Waals surface area contributed by atoms with Gasteiger partial charge in [0, 0.05) is 41.1 Å². The van der Waals surface area contributed by atoms with Crippen molar-refractivity contribution >= 4 is 11.8 Å². The summed E-state index contributed by atoms with van der Waals surface area (Å²) in [5.41, 5.74) is 4.00. The molecule has 4 rings (SSSR count). The predicted molar refractivity (Wildman–Crippen MR) is 82.2 cm³/mol. The van der Waals surface area contributed by atoms with Gasteiger partial charge in [-0.05, 0) is 36.5 Å². The largest absolute Gasteiger partial charge is 0.388 e. The van der Waals surface area contributed by atoms with E-state index >= 15 is 0 Å². The first-order chi connectivity index (χ1) is 9.81. The predicted octanol–water partition coefficient (Wildman–Crippen LogP) is 3.75. The summed E-state index contributed by atoms with van der Waals surface area (Å²) in [5.74, 6) is 1.77. The lowest BCUT2D eigenvalue weighted by molar-refractivity contribution is 0.157. The van der Waals surface area contributed by atoms with Gasteiger partial charge in [-0.15, -0.1) is 11.8 Å². The zero-order valence-electron chi connectivity index (χ0n) is 11.5. The van der Waals surface area contributed by atoms with Crippen LogP contribution in [0.4, 0.5) is 0 Å². The molecular formula is C17H19NOS. The fourth-order valence-corrected chi connectivity index (χ4v) is 4.71. The van der Waals surface area contributed by atoms with Crippen molar-refractivity contribution in [3.05, 3.63) is 53.3 Å². The zero-order chi connectivity index (χ0) is 13.5. The van der Waals surface area contributed by atoms with Crippen molar-refractivity contribution in [3.8, 4) is 0 Å². The van der Waals surface area contributed by atoms with E-state index in [4.69, 9.17) is 0 Å². The molecule has 2 heterocycles. The molecule has 0 fully saturated rings. The van der Waals surface area contributed by atoms with E-state index in [9.17, 15) is 5.11 Å². The molecule has 1 aromatic carbocycles. The molecule has 2 aliphatic rings. The highest BCUT2D eigenvalue weighted by atomic mass is 32.2. The van der Waals surface area contributed by atoms with Gasteiger partial charge in [-0.25, -0.2) is 0 Å². The van der Waals surface area contributed by atoms with Crippen LogP contribution in [0, 0.1) is 0 Å². The van der Waals surface area contributed by atoms with E-state index < -0.39 is 0 Å². The van der Waals surface area contributed by atoms with Gasteiger partial charge in [0.2, 0.25) is 0 Å². The Hall–Kier alpha value is -1.19. The number of rotatable bonds is 2. The third kappa shape index (κ3) is 2.09. The van der Waals surface area contributed by atoms with Gasteiger partial charge < -0.3 is 9.67 Å². The molecule has 0 saturated heterocycles. The molecule has 1 aromatic heterocycles. The van der Waals surface area contributed by atoms with Crippen LogP contribution in [0.3, 0.4) is 0 Å². The van der Waals surface area contributed by atoms with Crippen LogP contribution in [0.25, 0.3) is 0 Å². The third-order valence-electron chi connectivity index (χ3n) is 4.51. The minimum Gasteiger partial charge on any atom is -0.388 e. The summed E-state index contributed by atoms with van der Waals surface area (Å²) in [6.07, 6.45) is 7.33. The van der Waals surface area contributed by atoms with Gasteiger partial charge in [0.05, 0.1) is 6.10 Å². The first-order valence-corrected chi connectivity index (χ1v) is 8.38. The lowest BCUT2D eigenvalue weighted by atomic mass is 9.93. The second-order valence-electron chi connectivity index (χ2n) is 5.89. The molecule has 20 heavy (non-hydrogen) atoms. The Balaban J connectivity index is 1.59. The van der Waals surface area contributed by atoms with Crippen LogP contribution in [-0.2, 0) is 13.0 Å². The molecule has 2 nitrogen and oxygen atoms in total. The van der Waals surface area contributed by atoms with E-state index in [1.165, 1.54) is 21.8 Å². The zero-order valence-corrected chi connectivity index (χ0v) is 12.3. The summed E-state index contributed by atoms with van der Waals surface area (Å²) in [5, 5.41) is 10.1. The average Bonchev–Trinajstić information content (AvgIpc) is 3.05. The lowest BCUT2D eigenvalue weighted by Crippen LogP contribution is -2.07. The van der Waals surface area contributed by atoms with Crippen LogP contribution < -0.4 is 0 Å². The monoisotopic (exact) mass is 285 g/mol. The van der Waals surface area contributed by atoms with Crippen LogP contribution in [0.5, 0.6) is 0 Å². The normalized spacial score (nSPS) is 24.4. The fourth-order valence-electron chi connectivity index (χ4n) is 3.46. The minimum atomic E-state index is -0.245. The van der Waals surface area contributed by atoms with Crippen molar-refractivity contribution in [1.29, 1.82) is 0 Å². The van der Waals surface area contributed by atoms with Crippen molar-refractivity contribution in [3.63, 3.8) is 0 Å². The number of fused-ring (bicyclic) bond motifs is 2. The number of aliphatic hydroxyl groups excluding tert-OH is 1. The summed E-state index contributed by atoms with van der Waals surface area (Å²) in [7, 11) is 0. The maximum Gasteiger partial charge on any atom is 0.0807 e. The molecule has 0 saturated carbocycles. The molecule has 1 aliphatic heterocycles. The maximum absolute atomic E-state index is 10.1. The van der Waals surface area contributed by atoms with Gasteiger partial charge in [0.25, 0.3) is 0 Å². The van der Waals surface area contributed by atoms with Crippen molar-refractivity contribution in [2.45, 2.75) is 42.7 Å². The van der Waals surface area contributed by atoms with Crippen LogP contribution in [0.1, 0.15) is 41.6 Å². The summed E-state index contributed by atoms with van der Waals surface area (Å²) in [6, 6.07) is 8.75. The summed E-state index contributed by atoms with van der Waals surface area (Å²) >= 11 is 1.97. The van der Waals surface area contributed by atoms with Crippen LogP contribution >= 0.6 is 11.8 Å². The van der Waals surface area contributed by atoms with E-state index in [-0.39, 0.29) is 6.10 Å². The Morgan fingerprint density at radius 1 is 1.20 bits per heavy atom. The summed E-state index contributed by atoms with van der Waals surface area (Å²) in [4.78, 5) is 1.44. The Bertz CT molecular complexity index is 634. The number of thioether (sulfide) groups is 1. The Labute approximate surface area is 123 Å². The second kappa shape index (κ2) is 4.97. The van der Waals surface area contributed by atoms with Crippen LogP contribution in [0.2, 0.25) is 0 Å². The molecule has 0 radical (unpaired) electrons. The van der Waals surface area contributed by atoms with E-state index in [1.807, 2.05) is 11.8 Å². The van der Waals surface area contributed by atoms with Crippen molar-refractivity contribution in [1.82, 2.24) is 4.57 Å². The Morgan fingerprint density at radius 3 is 3.00 bits per heavy atom. The molecule has 2 aromatic rings. The smallest absolute Gasteiger partial charge is 0.0807 e. The molecule has 3 heteroatoms. The minimum absolute atomic E-state index is 0.245. The highest BCUT2D eigenvalue weighted by Crippen LogP contribution is 2.40. The van der Waals surface area contributed by atoms with Gasteiger partial charge in [-0.3, -0.25) is 0 Å². The number of aromatic nitrogens is 1. The molecule has 0 bridgehead atoms. The van der Waals surface area contributed by atoms with E-state index in [2.05, 4.69) is 41.2 Å². The Kier molecular flexibility index (Phi) is 3.12.